The van der Waals surface area contributed by atoms with Crippen molar-refractivity contribution in [1.29, 1.82) is 0 Å². The lowest BCUT2D eigenvalue weighted by molar-refractivity contribution is -0.136. The highest BCUT2D eigenvalue weighted by molar-refractivity contribution is 5.92. The molecule has 1 amide bonds. The van der Waals surface area contributed by atoms with Crippen molar-refractivity contribution >= 4 is 11.9 Å². The molecule has 2 aromatic rings. The van der Waals surface area contributed by atoms with Crippen molar-refractivity contribution in [3.63, 3.8) is 0 Å². The van der Waals surface area contributed by atoms with Gasteiger partial charge in [0.1, 0.15) is 17.3 Å². The maximum absolute atomic E-state index is 12.9. The second-order valence-electron chi connectivity index (χ2n) is 4.11. The van der Waals surface area contributed by atoms with E-state index in [0.29, 0.717) is 5.56 Å². The summed E-state index contributed by atoms with van der Waals surface area (Å²) < 4.78 is 23.0. The molecule has 0 aliphatic carbocycles. The first kappa shape index (κ1) is 14.5. The van der Waals surface area contributed by atoms with Gasteiger partial charge in [-0.1, -0.05) is 6.07 Å². The first-order chi connectivity index (χ1) is 10.0. The van der Waals surface area contributed by atoms with Crippen LogP contribution in [0.3, 0.4) is 0 Å². The molecule has 0 spiro atoms. The van der Waals surface area contributed by atoms with E-state index in [1.165, 1.54) is 42.5 Å². The summed E-state index contributed by atoms with van der Waals surface area (Å²) in [7, 11) is 0. The second-order valence-corrected chi connectivity index (χ2v) is 4.11. The van der Waals surface area contributed by atoms with Crippen molar-refractivity contribution in [1.82, 2.24) is 0 Å². The summed E-state index contributed by atoms with van der Waals surface area (Å²) in [6.07, 6.45) is 0. The minimum absolute atomic E-state index is 0.232. The number of nitrogens with two attached hydrogens (primary N) is 1. The Bertz CT molecular complexity index is 655. The van der Waals surface area contributed by atoms with Crippen LogP contribution in [-0.2, 0) is 4.79 Å². The largest absolute Gasteiger partial charge is 0.482 e. The number of esters is 1. The number of ether oxygens (including phenoxy) is 2. The molecule has 0 aliphatic rings. The van der Waals surface area contributed by atoms with E-state index in [1.807, 2.05) is 0 Å². The number of primary amides is 1. The molecule has 0 fully saturated rings. The average Bonchev–Trinajstić information content (AvgIpc) is 2.46. The molecule has 0 bridgehead atoms. The molecule has 2 N–H and O–H groups in total. The first-order valence-electron chi connectivity index (χ1n) is 6.03. The molecule has 0 saturated carbocycles. The first-order valence-corrected chi connectivity index (χ1v) is 6.03. The molecule has 0 aliphatic heterocycles. The van der Waals surface area contributed by atoms with Gasteiger partial charge in [0.2, 0.25) is 5.91 Å². The fraction of sp³-hybridized carbons (Fsp3) is 0.0667. The molecule has 6 heteroatoms. The fourth-order valence-electron chi connectivity index (χ4n) is 1.55. The molecule has 0 aromatic heterocycles. The zero-order valence-corrected chi connectivity index (χ0v) is 10.9. The molecule has 5 nitrogen and oxygen atoms in total. The third-order valence-electron chi connectivity index (χ3n) is 2.52. The summed E-state index contributed by atoms with van der Waals surface area (Å²) in [6, 6.07) is 11.2. The van der Waals surface area contributed by atoms with Gasteiger partial charge in [0.05, 0.1) is 0 Å². The molecule has 2 aromatic carbocycles. The van der Waals surface area contributed by atoms with E-state index < -0.39 is 17.7 Å². The summed E-state index contributed by atoms with van der Waals surface area (Å²) in [5.74, 6) is -1.18. The number of rotatable bonds is 5. The molecule has 0 saturated heterocycles. The topological polar surface area (TPSA) is 78.6 Å². The van der Waals surface area contributed by atoms with Crippen molar-refractivity contribution in [2.75, 3.05) is 6.61 Å². The third-order valence-corrected chi connectivity index (χ3v) is 2.52. The van der Waals surface area contributed by atoms with Gasteiger partial charge in [-0.25, -0.2) is 9.18 Å². The third kappa shape index (κ3) is 4.31. The summed E-state index contributed by atoms with van der Waals surface area (Å²) in [6.45, 7) is -0.360. The Labute approximate surface area is 120 Å². The molecule has 0 unspecified atom stereocenters. The van der Waals surface area contributed by atoms with Crippen LogP contribution in [0.4, 0.5) is 4.39 Å². The number of carbonyl (C=O) groups is 2. The Morgan fingerprint density at radius 3 is 2.38 bits per heavy atom. The molecule has 108 valence electrons. The monoisotopic (exact) mass is 289 g/mol. The van der Waals surface area contributed by atoms with Crippen LogP contribution >= 0.6 is 0 Å². The van der Waals surface area contributed by atoms with E-state index in [9.17, 15) is 14.0 Å². The normalized spacial score (nSPS) is 9.95. The van der Waals surface area contributed by atoms with E-state index in [1.54, 1.807) is 0 Å². The van der Waals surface area contributed by atoms with Crippen LogP contribution in [0.25, 0.3) is 0 Å². The van der Waals surface area contributed by atoms with Crippen molar-refractivity contribution < 1.29 is 23.5 Å². The predicted octanol–water partition coefficient (Wildman–Crippen LogP) is 1.91. The van der Waals surface area contributed by atoms with Crippen LogP contribution < -0.4 is 15.2 Å². The van der Waals surface area contributed by atoms with Crippen LogP contribution in [0.1, 0.15) is 10.4 Å². The maximum Gasteiger partial charge on any atom is 0.349 e. The van der Waals surface area contributed by atoms with E-state index in [2.05, 4.69) is 0 Å². The number of benzene rings is 2. The van der Waals surface area contributed by atoms with Crippen LogP contribution in [-0.4, -0.2) is 18.5 Å². The van der Waals surface area contributed by atoms with Crippen LogP contribution in [0.5, 0.6) is 11.5 Å². The highest BCUT2D eigenvalue weighted by atomic mass is 19.1. The average molecular weight is 289 g/mol. The van der Waals surface area contributed by atoms with Crippen LogP contribution in [0, 0.1) is 5.82 Å². The van der Waals surface area contributed by atoms with Gasteiger partial charge in [0.25, 0.3) is 0 Å². The number of halogens is 1. The van der Waals surface area contributed by atoms with Crippen molar-refractivity contribution in [2.45, 2.75) is 0 Å². The minimum atomic E-state index is -0.647. The van der Waals surface area contributed by atoms with E-state index in [-0.39, 0.29) is 18.1 Å². The van der Waals surface area contributed by atoms with Gasteiger partial charge < -0.3 is 15.2 Å². The fourth-order valence-corrected chi connectivity index (χ4v) is 1.55. The van der Waals surface area contributed by atoms with Gasteiger partial charge in [0.15, 0.2) is 6.61 Å². The number of carbonyl (C=O) groups excluding carboxylic acids is 2. The lowest BCUT2D eigenvalue weighted by Gasteiger charge is -2.07. The number of amides is 1. The quantitative estimate of drug-likeness (QED) is 0.673. The summed E-state index contributed by atoms with van der Waals surface area (Å²) in [5.41, 5.74) is 5.40. The van der Waals surface area contributed by atoms with Gasteiger partial charge >= 0.3 is 5.97 Å². The smallest absolute Gasteiger partial charge is 0.349 e. The lowest BCUT2D eigenvalue weighted by atomic mass is 10.2. The Balaban J connectivity index is 1.88. The zero-order valence-electron chi connectivity index (χ0n) is 10.9. The second kappa shape index (κ2) is 6.51. The van der Waals surface area contributed by atoms with Gasteiger partial charge in [-0.15, -0.1) is 0 Å². The Kier molecular flexibility index (Phi) is 4.50. The summed E-state index contributed by atoms with van der Waals surface area (Å²) >= 11 is 0. The van der Waals surface area contributed by atoms with Gasteiger partial charge in [-0.3, -0.25) is 4.79 Å². The number of hydrogen-bond donors (Lipinski definition) is 1. The molecular formula is C15H12FNO4. The molecule has 21 heavy (non-hydrogen) atoms. The van der Waals surface area contributed by atoms with Crippen molar-refractivity contribution in [3.8, 4) is 11.5 Å². The molecule has 2 rings (SSSR count). The van der Waals surface area contributed by atoms with E-state index in [0.717, 1.165) is 6.07 Å². The Morgan fingerprint density at radius 2 is 1.76 bits per heavy atom. The molecule has 0 atom stereocenters. The van der Waals surface area contributed by atoms with Gasteiger partial charge in [0, 0.05) is 11.6 Å². The highest BCUT2D eigenvalue weighted by Gasteiger charge is 2.07. The zero-order chi connectivity index (χ0) is 15.2. The highest BCUT2D eigenvalue weighted by Crippen LogP contribution is 2.14. The van der Waals surface area contributed by atoms with Crippen LogP contribution in [0.2, 0.25) is 0 Å². The van der Waals surface area contributed by atoms with Crippen molar-refractivity contribution in [3.05, 3.63) is 59.9 Å². The maximum atomic E-state index is 12.9. The van der Waals surface area contributed by atoms with Gasteiger partial charge in [-0.05, 0) is 36.4 Å². The number of hydrogen-bond acceptors (Lipinski definition) is 4. The predicted molar refractivity (Wildman–Crippen MR) is 72.5 cm³/mol. The minimum Gasteiger partial charge on any atom is -0.482 e. The SMILES string of the molecule is NC(=O)c1ccc(OC(=O)COc2cccc(F)c2)cc1. The van der Waals surface area contributed by atoms with Gasteiger partial charge in [-0.2, -0.15) is 0 Å². The summed E-state index contributed by atoms with van der Waals surface area (Å²) in [5, 5.41) is 0. The van der Waals surface area contributed by atoms with E-state index in [4.69, 9.17) is 15.2 Å². The van der Waals surface area contributed by atoms with Crippen LogP contribution in [0.15, 0.2) is 48.5 Å². The molecule has 0 heterocycles. The van der Waals surface area contributed by atoms with E-state index >= 15 is 0 Å². The van der Waals surface area contributed by atoms with Crippen molar-refractivity contribution in [2.24, 2.45) is 5.73 Å². The Morgan fingerprint density at radius 1 is 1.05 bits per heavy atom. The molecule has 0 radical (unpaired) electrons. The molecular weight excluding hydrogens is 277 g/mol. The lowest BCUT2D eigenvalue weighted by Crippen LogP contribution is -2.18. The Hall–Kier alpha value is -2.89. The standard InChI is InChI=1S/C15H12FNO4/c16-11-2-1-3-13(8-11)20-9-14(18)21-12-6-4-10(5-7-12)15(17)19/h1-8H,9H2,(H2,17,19). The summed E-state index contributed by atoms with van der Waals surface area (Å²) in [4.78, 5) is 22.4.